The van der Waals surface area contributed by atoms with E-state index in [2.05, 4.69) is 10.6 Å². The summed E-state index contributed by atoms with van der Waals surface area (Å²) in [6.07, 6.45) is 1.44. The van der Waals surface area contributed by atoms with Gasteiger partial charge in [0.1, 0.15) is 0 Å². The van der Waals surface area contributed by atoms with Crippen molar-refractivity contribution in [2.24, 2.45) is 0 Å². The molecule has 1 rings (SSSR count). The summed E-state index contributed by atoms with van der Waals surface area (Å²) in [5.74, 6) is 0. The molecule has 0 bridgehead atoms. The molecule has 0 heterocycles. The Balaban J connectivity index is 2.71. The van der Waals surface area contributed by atoms with E-state index >= 15 is 0 Å². The molecular weight excluding hydrogens is 262 g/mol. The van der Waals surface area contributed by atoms with Crippen molar-refractivity contribution in [3.05, 3.63) is 34.4 Å². The van der Waals surface area contributed by atoms with Crippen LogP contribution < -0.4 is 10.6 Å². The maximum atomic E-state index is 11.8. The van der Waals surface area contributed by atoms with Crippen LogP contribution in [-0.4, -0.2) is 28.2 Å². The molecule has 7 heteroatoms. The number of benzene rings is 1. The fourth-order valence-electron chi connectivity index (χ4n) is 1.87. The van der Waals surface area contributed by atoms with Crippen molar-refractivity contribution in [2.75, 3.05) is 11.9 Å². The number of hydrogen-bond donors (Lipinski definition) is 3. The van der Waals surface area contributed by atoms with Crippen LogP contribution in [0.2, 0.25) is 0 Å². The third kappa shape index (κ3) is 4.51. The largest absolute Gasteiger partial charge is 0.394 e. The predicted octanol–water partition coefficient (Wildman–Crippen LogP) is 2.27. The zero-order chi connectivity index (χ0) is 15.2. The maximum Gasteiger partial charge on any atom is 0.319 e. The van der Waals surface area contributed by atoms with Gasteiger partial charge in [-0.3, -0.25) is 10.1 Å². The highest BCUT2D eigenvalue weighted by atomic mass is 16.6. The van der Waals surface area contributed by atoms with Gasteiger partial charge in [0.2, 0.25) is 0 Å². The molecule has 2 amide bonds. The minimum absolute atomic E-state index is 0.0960. The quantitative estimate of drug-likeness (QED) is 0.549. The van der Waals surface area contributed by atoms with Crippen molar-refractivity contribution >= 4 is 17.4 Å². The Labute approximate surface area is 117 Å². The zero-order valence-corrected chi connectivity index (χ0v) is 11.5. The molecule has 0 aliphatic carbocycles. The Bertz CT molecular complexity index is 492. The number of hydrogen-bond acceptors (Lipinski definition) is 4. The van der Waals surface area contributed by atoms with E-state index in [4.69, 9.17) is 0 Å². The molecule has 0 saturated carbocycles. The number of carbonyl (C=O) groups is 1. The van der Waals surface area contributed by atoms with Gasteiger partial charge in [-0.05, 0) is 19.4 Å². The maximum absolute atomic E-state index is 11.8. The first kappa shape index (κ1) is 15.9. The van der Waals surface area contributed by atoms with Crippen molar-refractivity contribution in [2.45, 2.75) is 32.2 Å². The normalized spacial score (nSPS) is 13.3. The van der Waals surface area contributed by atoms with E-state index in [1.165, 1.54) is 18.2 Å². The third-order valence-electron chi connectivity index (χ3n) is 2.88. The lowest BCUT2D eigenvalue weighted by Crippen LogP contribution is -2.50. The topological polar surface area (TPSA) is 104 Å². The van der Waals surface area contributed by atoms with E-state index in [0.29, 0.717) is 12.1 Å². The smallest absolute Gasteiger partial charge is 0.319 e. The first-order chi connectivity index (χ1) is 9.40. The number of aliphatic hydroxyl groups is 1. The Kier molecular flexibility index (Phi) is 5.45. The molecule has 1 unspecified atom stereocenters. The number of anilines is 1. The van der Waals surface area contributed by atoms with Crippen LogP contribution in [-0.2, 0) is 0 Å². The summed E-state index contributed by atoms with van der Waals surface area (Å²) in [6.45, 7) is 3.51. The van der Waals surface area contributed by atoms with E-state index in [9.17, 15) is 20.0 Å². The van der Waals surface area contributed by atoms with Crippen molar-refractivity contribution in [3.63, 3.8) is 0 Å². The molecule has 0 fully saturated rings. The first-order valence-electron chi connectivity index (χ1n) is 6.34. The van der Waals surface area contributed by atoms with Crippen LogP contribution in [0.25, 0.3) is 0 Å². The van der Waals surface area contributed by atoms with Gasteiger partial charge in [0.15, 0.2) is 0 Å². The van der Waals surface area contributed by atoms with Gasteiger partial charge < -0.3 is 15.7 Å². The average Bonchev–Trinajstić information content (AvgIpc) is 2.39. The van der Waals surface area contributed by atoms with Crippen molar-refractivity contribution < 1.29 is 14.8 Å². The highest BCUT2D eigenvalue weighted by Crippen LogP contribution is 2.17. The van der Waals surface area contributed by atoms with Gasteiger partial charge in [0, 0.05) is 17.8 Å². The van der Waals surface area contributed by atoms with Crippen LogP contribution >= 0.6 is 0 Å². The van der Waals surface area contributed by atoms with Gasteiger partial charge in [-0.25, -0.2) is 4.79 Å². The molecule has 0 aliphatic rings. The molecule has 0 aromatic heterocycles. The lowest BCUT2D eigenvalue weighted by Gasteiger charge is -2.28. The van der Waals surface area contributed by atoms with Crippen LogP contribution in [0.5, 0.6) is 0 Å². The number of amides is 2. The Morgan fingerprint density at radius 2 is 2.20 bits per heavy atom. The monoisotopic (exact) mass is 281 g/mol. The zero-order valence-electron chi connectivity index (χ0n) is 11.5. The number of nitro groups is 1. The van der Waals surface area contributed by atoms with Gasteiger partial charge in [0.25, 0.3) is 5.69 Å². The van der Waals surface area contributed by atoms with Gasteiger partial charge >= 0.3 is 6.03 Å². The number of non-ortho nitro benzene ring substituents is 1. The summed E-state index contributed by atoms with van der Waals surface area (Å²) in [7, 11) is 0. The molecule has 0 aliphatic heterocycles. The minimum atomic E-state index is -0.709. The summed E-state index contributed by atoms with van der Waals surface area (Å²) in [4.78, 5) is 22.0. The first-order valence-corrected chi connectivity index (χ1v) is 6.34. The van der Waals surface area contributed by atoms with Crippen LogP contribution in [0.1, 0.15) is 26.7 Å². The molecule has 0 spiro atoms. The van der Waals surface area contributed by atoms with E-state index in [-0.39, 0.29) is 12.3 Å². The van der Waals surface area contributed by atoms with Crippen LogP contribution in [0.4, 0.5) is 16.2 Å². The molecule has 7 nitrogen and oxygen atoms in total. The van der Waals surface area contributed by atoms with Crippen molar-refractivity contribution in [1.82, 2.24) is 5.32 Å². The molecule has 1 aromatic rings. The number of carbonyl (C=O) groups excluding carboxylic acids is 1. The Morgan fingerprint density at radius 3 is 2.75 bits per heavy atom. The highest BCUT2D eigenvalue weighted by molar-refractivity contribution is 5.90. The summed E-state index contributed by atoms with van der Waals surface area (Å²) in [5.41, 5.74) is -0.478. The second-order valence-electron chi connectivity index (χ2n) is 4.86. The molecule has 1 aromatic carbocycles. The Hall–Kier alpha value is -2.15. The summed E-state index contributed by atoms with van der Waals surface area (Å²) in [6, 6.07) is 5.16. The van der Waals surface area contributed by atoms with E-state index in [0.717, 1.165) is 6.42 Å². The highest BCUT2D eigenvalue weighted by Gasteiger charge is 2.24. The summed E-state index contributed by atoms with van der Waals surface area (Å²) < 4.78 is 0. The third-order valence-corrected chi connectivity index (χ3v) is 2.88. The predicted molar refractivity (Wildman–Crippen MR) is 75.6 cm³/mol. The molecular formula is C13H19N3O4. The fraction of sp³-hybridized carbons (Fsp3) is 0.462. The van der Waals surface area contributed by atoms with E-state index in [1.54, 1.807) is 13.0 Å². The number of nitro benzene ring substituents is 1. The molecule has 20 heavy (non-hydrogen) atoms. The SMILES string of the molecule is CCCC(C)(CO)NC(=O)Nc1cccc([N+](=O)[O-])c1. The van der Waals surface area contributed by atoms with Crippen LogP contribution in [0, 0.1) is 10.1 Å². The minimum Gasteiger partial charge on any atom is -0.394 e. The van der Waals surface area contributed by atoms with E-state index < -0.39 is 16.5 Å². The number of urea groups is 1. The molecule has 110 valence electrons. The van der Waals surface area contributed by atoms with Gasteiger partial charge in [-0.15, -0.1) is 0 Å². The van der Waals surface area contributed by atoms with Crippen molar-refractivity contribution in [1.29, 1.82) is 0 Å². The van der Waals surface area contributed by atoms with Gasteiger partial charge in [-0.1, -0.05) is 19.4 Å². The summed E-state index contributed by atoms with van der Waals surface area (Å²) in [5, 5.41) is 25.2. The van der Waals surface area contributed by atoms with Gasteiger partial charge in [-0.2, -0.15) is 0 Å². The Morgan fingerprint density at radius 1 is 1.50 bits per heavy atom. The van der Waals surface area contributed by atoms with Crippen LogP contribution in [0.3, 0.4) is 0 Å². The van der Waals surface area contributed by atoms with E-state index in [1.807, 2.05) is 6.92 Å². The fourth-order valence-corrected chi connectivity index (χ4v) is 1.87. The average molecular weight is 281 g/mol. The molecule has 0 radical (unpaired) electrons. The molecule has 3 N–H and O–H groups in total. The molecule has 1 atom stereocenters. The lowest BCUT2D eigenvalue weighted by molar-refractivity contribution is -0.384. The van der Waals surface area contributed by atoms with Crippen molar-refractivity contribution in [3.8, 4) is 0 Å². The number of aliphatic hydroxyl groups excluding tert-OH is 1. The standard InChI is InChI=1S/C13H19N3O4/c1-3-7-13(2,9-17)15-12(18)14-10-5-4-6-11(8-10)16(19)20/h4-6,8,17H,3,7,9H2,1-2H3,(H2,14,15,18). The summed E-state index contributed by atoms with van der Waals surface area (Å²) >= 11 is 0. The number of rotatable bonds is 6. The van der Waals surface area contributed by atoms with Gasteiger partial charge in [0.05, 0.1) is 17.1 Å². The number of nitrogens with zero attached hydrogens (tertiary/aromatic N) is 1. The second kappa shape index (κ2) is 6.85. The van der Waals surface area contributed by atoms with Crippen LogP contribution in [0.15, 0.2) is 24.3 Å². The lowest BCUT2D eigenvalue weighted by atomic mass is 9.98. The second-order valence-corrected chi connectivity index (χ2v) is 4.86. The number of nitrogens with one attached hydrogen (secondary N) is 2. The molecule has 0 saturated heterocycles.